The van der Waals surface area contributed by atoms with Crippen LogP contribution in [0, 0.1) is 28.6 Å². The third-order valence-electron chi connectivity index (χ3n) is 11.6. The van der Waals surface area contributed by atoms with E-state index in [1.54, 1.807) is 11.3 Å². The van der Waals surface area contributed by atoms with E-state index in [0.29, 0.717) is 48.7 Å². The number of allylic oxidation sites excluding steroid dienone is 1. The molecule has 1 aromatic carbocycles. The summed E-state index contributed by atoms with van der Waals surface area (Å²) < 4.78 is 0. The number of hydrogen-bond acceptors (Lipinski definition) is 4. The lowest BCUT2D eigenvalue weighted by Gasteiger charge is -2.65. The Morgan fingerprint density at radius 2 is 2.00 bits per heavy atom. The van der Waals surface area contributed by atoms with Crippen LogP contribution < -0.4 is 0 Å². The van der Waals surface area contributed by atoms with E-state index in [1.165, 1.54) is 27.8 Å². The van der Waals surface area contributed by atoms with Gasteiger partial charge in [-0.25, -0.2) is 0 Å². The highest BCUT2D eigenvalue weighted by molar-refractivity contribution is 7.08. The molecule has 0 saturated heterocycles. The van der Waals surface area contributed by atoms with E-state index >= 15 is 0 Å². The minimum Gasteiger partial charge on any atom is -0.396 e. The van der Waals surface area contributed by atoms with Gasteiger partial charge in [0.15, 0.2) is 5.78 Å². The second-order valence-electron chi connectivity index (χ2n) is 12.9. The molecule has 7 rings (SSSR count). The van der Waals surface area contributed by atoms with Crippen molar-refractivity contribution in [2.75, 3.05) is 6.61 Å². The molecule has 5 aliphatic carbocycles. The maximum Gasteiger partial charge on any atom is 0.155 e. The molecule has 0 unspecified atom stereocenters. The maximum atomic E-state index is 12.6. The Kier molecular flexibility index (Phi) is 5.27. The first-order chi connectivity index (χ1) is 17.4. The molecule has 0 bridgehead atoms. The van der Waals surface area contributed by atoms with Gasteiger partial charge in [0.05, 0.1) is 5.60 Å². The Morgan fingerprint density at radius 3 is 2.81 bits per heavy atom. The second kappa shape index (κ2) is 8.12. The summed E-state index contributed by atoms with van der Waals surface area (Å²) in [5.41, 5.74) is 6.30. The van der Waals surface area contributed by atoms with Gasteiger partial charge in [0, 0.05) is 13.0 Å². The smallest absolute Gasteiger partial charge is 0.155 e. The number of carbonyl (C=O) groups is 1. The van der Waals surface area contributed by atoms with Crippen LogP contribution in [0.5, 0.6) is 0 Å². The Balaban J connectivity index is 1.39. The highest BCUT2D eigenvalue weighted by Gasteiger charge is 2.68. The molecule has 1 spiro atoms. The molecule has 0 amide bonds. The molecule has 36 heavy (non-hydrogen) atoms. The predicted octanol–water partition coefficient (Wildman–Crippen LogP) is 6.68. The number of aliphatic hydroxyl groups excluding tert-OH is 1. The topological polar surface area (TPSA) is 57.5 Å². The van der Waals surface area contributed by atoms with E-state index < -0.39 is 5.60 Å². The first-order valence-corrected chi connectivity index (χ1v) is 15.1. The second-order valence-corrected chi connectivity index (χ2v) is 13.6. The Hall–Kier alpha value is -1.75. The molecule has 3 saturated carbocycles. The quantitative estimate of drug-likeness (QED) is 0.490. The lowest BCUT2D eigenvalue weighted by molar-refractivity contribution is -0.146. The molecule has 2 aromatic rings. The van der Waals surface area contributed by atoms with Crippen LogP contribution in [0.15, 0.2) is 46.7 Å². The molecule has 3 fully saturated rings. The minimum absolute atomic E-state index is 0.106. The molecule has 0 aliphatic heterocycles. The van der Waals surface area contributed by atoms with Crippen LogP contribution in [0.3, 0.4) is 0 Å². The van der Waals surface area contributed by atoms with Gasteiger partial charge in [0.1, 0.15) is 0 Å². The Bertz CT molecular complexity index is 1230. The summed E-state index contributed by atoms with van der Waals surface area (Å²) in [6, 6.07) is 9.39. The predicted molar refractivity (Wildman–Crippen MR) is 144 cm³/mol. The summed E-state index contributed by atoms with van der Waals surface area (Å²) in [5, 5.41) is 26.1. The van der Waals surface area contributed by atoms with E-state index in [4.69, 9.17) is 0 Å². The van der Waals surface area contributed by atoms with Gasteiger partial charge in [-0.3, -0.25) is 4.79 Å². The standard InChI is InChI=1S/C32H38O3S/c1-30-18-27-25-5-3-20(21-9-14-36-19-21)15-22(25)17-31-11-7-24(34)16-23(31)4-6-26(29(27)31)28(30)8-12-32(30,35)10-2-13-33/h3,5,9,14-16,19,26-29,33,35H,2,4,6-8,10-13,17-18H2,1H3/t26-,27+,28+,29+,30-,31+,32+/m0/s1. The fourth-order valence-corrected chi connectivity index (χ4v) is 10.8. The zero-order chi connectivity index (χ0) is 24.7. The van der Waals surface area contributed by atoms with Gasteiger partial charge in [-0.05, 0) is 137 Å². The Morgan fingerprint density at radius 1 is 1.11 bits per heavy atom. The fourth-order valence-electron chi connectivity index (χ4n) is 10.1. The lowest BCUT2D eigenvalue weighted by atomic mass is 9.39. The number of rotatable bonds is 4. The van der Waals surface area contributed by atoms with Crippen molar-refractivity contribution in [2.24, 2.45) is 28.6 Å². The number of ketones is 1. The number of carbonyl (C=O) groups excluding carboxylic acids is 1. The van der Waals surface area contributed by atoms with Gasteiger partial charge in [-0.2, -0.15) is 11.3 Å². The molecule has 1 heterocycles. The van der Waals surface area contributed by atoms with Crippen molar-refractivity contribution in [3.63, 3.8) is 0 Å². The average molecular weight is 503 g/mol. The largest absolute Gasteiger partial charge is 0.396 e. The molecule has 190 valence electrons. The van der Waals surface area contributed by atoms with Crippen molar-refractivity contribution in [3.05, 3.63) is 57.8 Å². The van der Waals surface area contributed by atoms with Crippen molar-refractivity contribution >= 4 is 17.1 Å². The summed E-state index contributed by atoms with van der Waals surface area (Å²) in [6.45, 7) is 2.53. The summed E-state index contributed by atoms with van der Waals surface area (Å²) >= 11 is 1.75. The van der Waals surface area contributed by atoms with E-state index in [-0.39, 0.29) is 17.4 Å². The molecule has 1 aromatic heterocycles. The summed E-state index contributed by atoms with van der Waals surface area (Å²) in [4.78, 5) is 12.6. The van der Waals surface area contributed by atoms with E-state index in [1.807, 2.05) is 6.08 Å². The highest BCUT2D eigenvalue weighted by Crippen LogP contribution is 2.73. The third-order valence-corrected chi connectivity index (χ3v) is 12.3. The number of thiophene rings is 1. The normalized spacial score (nSPS) is 40.6. The monoisotopic (exact) mass is 502 g/mol. The molecule has 3 nitrogen and oxygen atoms in total. The van der Waals surface area contributed by atoms with Gasteiger partial charge in [0.2, 0.25) is 0 Å². The number of benzene rings is 1. The SMILES string of the molecule is C[C@]12C[C@@H]3c4ccc(-c5ccsc5)cc4C[C@]45CCC(=O)C=C4CC[C@H]([C@H]35)[C@H]1CC[C@]2(O)CCCO. The highest BCUT2D eigenvalue weighted by atomic mass is 32.1. The van der Waals surface area contributed by atoms with Gasteiger partial charge < -0.3 is 10.2 Å². The van der Waals surface area contributed by atoms with Crippen molar-refractivity contribution < 1.29 is 15.0 Å². The maximum absolute atomic E-state index is 12.6. The van der Waals surface area contributed by atoms with Crippen molar-refractivity contribution in [1.82, 2.24) is 0 Å². The van der Waals surface area contributed by atoms with Gasteiger partial charge in [-0.15, -0.1) is 0 Å². The van der Waals surface area contributed by atoms with Crippen LogP contribution in [0.25, 0.3) is 11.1 Å². The fraction of sp³-hybridized carbons (Fsp3) is 0.594. The first-order valence-electron chi connectivity index (χ1n) is 14.1. The summed E-state index contributed by atoms with van der Waals surface area (Å²) in [5.74, 6) is 2.45. The molecular weight excluding hydrogens is 464 g/mol. The van der Waals surface area contributed by atoms with E-state index in [9.17, 15) is 15.0 Å². The van der Waals surface area contributed by atoms with Crippen molar-refractivity contribution in [3.8, 4) is 11.1 Å². The van der Waals surface area contributed by atoms with E-state index in [0.717, 1.165) is 44.9 Å². The van der Waals surface area contributed by atoms with Crippen LogP contribution in [0.1, 0.15) is 81.8 Å². The average Bonchev–Trinajstić information content (AvgIpc) is 3.50. The van der Waals surface area contributed by atoms with Crippen LogP contribution in [0.4, 0.5) is 0 Å². The van der Waals surface area contributed by atoms with Crippen molar-refractivity contribution in [2.45, 2.75) is 82.7 Å². The summed E-state index contributed by atoms with van der Waals surface area (Å²) in [6.07, 6.45) is 11.4. The minimum atomic E-state index is -0.689. The van der Waals surface area contributed by atoms with Gasteiger partial charge >= 0.3 is 0 Å². The third kappa shape index (κ3) is 3.07. The molecule has 5 aliphatic rings. The van der Waals surface area contributed by atoms with Crippen LogP contribution in [0.2, 0.25) is 0 Å². The molecular formula is C32H38O3S. The van der Waals surface area contributed by atoms with E-state index in [2.05, 4.69) is 41.9 Å². The van der Waals surface area contributed by atoms with Crippen LogP contribution in [-0.4, -0.2) is 28.2 Å². The Labute approximate surface area is 218 Å². The van der Waals surface area contributed by atoms with Crippen LogP contribution >= 0.6 is 11.3 Å². The summed E-state index contributed by atoms with van der Waals surface area (Å²) in [7, 11) is 0. The van der Waals surface area contributed by atoms with Crippen molar-refractivity contribution in [1.29, 1.82) is 0 Å². The number of fused-ring (bicyclic) bond motifs is 4. The van der Waals surface area contributed by atoms with Gasteiger partial charge in [-0.1, -0.05) is 30.7 Å². The molecule has 2 N–H and O–H groups in total. The zero-order valence-electron chi connectivity index (χ0n) is 21.3. The molecule has 0 radical (unpaired) electrons. The number of hydrogen-bond donors (Lipinski definition) is 2. The lowest BCUT2D eigenvalue weighted by Crippen LogP contribution is -2.59. The zero-order valence-corrected chi connectivity index (χ0v) is 22.2. The molecule has 4 heteroatoms. The van der Waals surface area contributed by atoms with Crippen LogP contribution in [-0.2, 0) is 11.2 Å². The molecule has 7 atom stereocenters. The first kappa shape index (κ1) is 23.4. The number of aliphatic hydroxyl groups is 2. The van der Waals surface area contributed by atoms with Gasteiger partial charge in [0.25, 0.3) is 0 Å².